The summed E-state index contributed by atoms with van der Waals surface area (Å²) in [4.78, 5) is 29.8. The molecule has 0 spiro atoms. The van der Waals surface area contributed by atoms with Crippen LogP contribution in [-0.2, 0) is 0 Å². The summed E-state index contributed by atoms with van der Waals surface area (Å²) in [5, 5.41) is 16.7. The standard InChI is InChI=1S/C29H29BrN4O5/c1-16(2)22-14-23(18(5)11-26(22)38-6)28-32-24-10-8-7-9-21(24)29(35)33(28)31-15-19-12-20(30)13-25(34(36)37)27(19)39-17(3)4/h7-17H,1-6H3. The molecule has 0 aliphatic carbocycles. The number of ether oxygens (including phenoxy) is 2. The second-order valence-electron chi connectivity index (χ2n) is 9.64. The smallest absolute Gasteiger partial charge is 0.312 e. The maximum atomic E-state index is 13.7. The van der Waals surface area contributed by atoms with Gasteiger partial charge >= 0.3 is 5.69 Å². The summed E-state index contributed by atoms with van der Waals surface area (Å²) in [5.74, 6) is 1.31. The van der Waals surface area contributed by atoms with Crippen LogP contribution in [0.5, 0.6) is 11.5 Å². The highest BCUT2D eigenvalue weighted by Gasteiger charge is 2.22. The van der Waals surface area contributed by atoms with Gasteiger partial charge < -0.3 is 9.47 Å². The van der Waals surface area contributed by atoms with E-state index in [0.717, 1.165) is 22.4 Å². The second kappa shape index (κ2) is 11.4. The molecule has 0 N–H and O–H groups in total. The number of hydrogen-bond donors (Lipinski definition) is 0. The Morgan fingerprint density at radius 2 is 1.85 bits per heavy atom. The van der Waals surface area contributed by atoms with Gasteiger partial charge in [0.1, 0.15) is 5.75 Å². The van der Waals surface area contributed by atoms with E-state index in [4.69, 9.17) is 14.5 Å². The molecule has 202 valence electrons. The Bertz CT molecular complexity index is 1660. The maximum Gasteiger partial charge on any atom is 0.312 e. The first-order valence-electron chi connectivity index (χ1n) is 12.4. The number of hydrogen-bond acceptors (Lipinski definition) is 7. The minimum Gasteiger partial charge on any atom is -0.496 e. The zero-order valence-electron chi connectivity index (χ0n) is 22.6. The molecule has 0 fully saturated rings. The highest BCUT2D eigenvalue weighted by molar-refractivity contribution is 9.10. The Labute approximate surface area is 234 Å². The van der Waals surface area contributed by atoms with E-state index in [1.807, 2.05) is 25.1 Å². The topological polar surface area (TPSA) is 109 Å². The summed E-state index contributed by atoms with van der Waals surface area (Å²) in [6.07, 6.45) is 1.06. The first kappa shape index (κ1) is 28.0. The number of benzene rings is 3. The molecule has 10 heteroatoms. The Balaban J connectivity index is 2.02. The van der Waals surface area contributed by atoms with Crippen LogP contribution in [-0.4, -0.2) is 34.0 Å². The van der Waals surface area contributed by atoms with Gasteiger partial charge in [0.25, 0.3) is 5.56 Å². The molecular formula is C29H29BrN4O5. The summed E-state index contributed by atoms with van der Waals surface area (Å²) in [5.41, 5.74) is 2.83. The third kappa shape index (κ3) is 5.70. The van der Waals surface area contributed by atoms with Crippen LogP contribution in [0.1, 0.15) is 50.3 Å². The lowest BCUT2D eigenvalue weighted by Crippen LogP contribution is -2.21. The van der Waals surface area contributed by atoms with Crippen molar-refractivity contribution in [1.29, 1.82) is 0 Å². The number of nitro benzene ring substituents is 1. The quantitative estimate of drug-likeness (QED) is 0.126. The molecule has 0 aliphatic heterocycles. The van der Waals surface area contributed by atoms with E-state index >= 15 is 0 Å². The molecule has 0 saturated heterocycles. The van der Waals surface area contributed by atoms with E-state index in [1.165, 1.54) is 17.0 Å². The van der Waals surface area contributed by atoms with Crippen molar-refractivity contribution in [2.24, 2.45) is 5.10 Å². The Morgan fingerprint density at radius 1 is 1.13 bits per heavy atom. The summed E-state index contributed by atoms with van der Waals surface area (Å²) in [6.45, 7) is 9.60. The lowest BCUT2D eigenvalue weighted by molar-refractivity contribution is -0.386. The van der Waals surface area contributed by atoms with Crippen LogP contribution in [0.15, 0.2) is 62.9 Å². The van der Waals surface area contributed by atoms with Crippen molar-refractivity contribution in [3.63, 3.8) is 0 Å². The normalized spacial score (nSPS) is 11.6. The van der Waals surface area contributed by atoms with Crippen molar-refractivity contribution >= 4 is 38.7 Å². The molecule has 9 nitrogen and oxygen atoms in total. The van der Waals surface area contributed by atoms with E-state index in [0.29, 0.717) is 26.8 Å². The molecule has 0 aliphatic rings. The molecular weight excluding hydrogens is 564 g/mol. The van der Waals surface area contributed by atoms with Gasteiger partial charge in [-0.05, 0) is 68.1 Å². The molecule has 3 aromatic carbocycles. The van der Waals surface area contributed by atoms with Crippen molar-refractivity contribution in [2.45, 2.75) is 46.6 Å². The van der Waals surface area contributed by atoms with Gasteiger partial charge in [0, 0.05) is 21.7 Å². The molecule has 1 heterocycles. The van der Waals surface area contributed by atoms with E-state index in [-0.39, 0.29) is 29.0 Å². The average Bonchev–Trinajstić information content (AvgIpc) is 2.88. The molecule has 0 atom stereocenters. The van der Waals surface area contributed by atoms with Gasteiger partial charge in [0.05, 0.1) is 35.3 Å². The molecule has 0 unspecified atom stereocenters. The number of nitro groups is 1. The predicted octanol–water partition coefficient (Wildman–Crippen LogP) is 6.84. The Kier molecular flexibility index (Phi) is 8.15. The van der Waals surface area contributed by atoms with E-state index in [2.05, 4.69) is 34.9 Å². The van der Waals surface area contributed by atoms with E-state index in [9.17, 15) is 14.9 Å². The molecule has 4 aromatic rings. The number of fused-ring (bicyclic) bond motifs is 1. The van der Waals surface area contributed by atoms with E-state index in [1.54, 1.807) is 45.2 Å². The number of para-hydroxylation sites is 1. The minimum atomic E-state index is -0.511. The fraction of sp³-hybridized carbons (Fsp3) is 0.276. The maximum absolute atomic E-state index is 13.7. The fourth-order valence-electron chi connectivity index (χ4n) is 4.29. The zero-order chi connectivity index (χ0) is 28.4. The van der Waals surface area contributed by atoms with Crippen LogP contribution < -0.4 is 15.0 Å². The third-order valence-electron chi connectivity index (χ3n) is 6.12. The molecule has 1 aromatic heterocycles. The number of rotatable bonds is 8. The van der Waals surface area contributed by atoms with Crippen molar-refractivity contribution in [1.82, 2.24) is 9.66 Å². The van der Waals surface area contributed by atoms with Crippen molar-refractivity contribution in [3.8, 4) is 22.9 Å². The number of halogens is 1. The fourth-order valence-corrected chi connectivity index (χ4v) is 4.75. The van der Waals surface area contributed by atoms with Crippen LogP contribution in [0, 0.1) is 17.0 Å². The van der Waals surface area contributed by atoms with E-state index < -0.39 is 4.92 Å². The Morgan fingerprint density at radius 3 is 2.49 bits per heavy atom. The van der Waals surface area contributed by atoms with Gasteiger partial charge in [0.2, 0.25) is 5.75 Å². The van der Waals surface area contributed by atoms with Crippen LogP contribution in [0.4, 0.5) is 5.69 Å². The SMILES string of the molecule is COc1cc(C)c(-c2nc3ccccc3c(=O)n2N=Cc2cc(Br)cc([N+](=O)[O-])c2OC(C)C)cc1C(C)C. The van der Waals surface area contributed by atoms with Crippen LogP contribution >= 0.6 is 15.9 Å². The van der Waals surface area contributed by atoms with Gasteiger partial charge in [-0.25, -0.2) is 4.98 Å². The molecule has 0 radical (unpaired) electrons. The third-order valence-corrected chi connectivity index (χ3v) is 6.58. The van der Waals surface area contributed by atoms with Crippen molar-refractivity contribution < 1.29 is 14.4 Å². The van der Waals surface area contributed by atoms with Crippen molar-refractivity contribution in [3.05, 3.63) is 90.2 Å². The highest BCUT2D eigenvalue weighted by atomic mass is 79.9. The highest BCUT2D eigenvalue weighted by Crippen LogP contribution is 2.36. The first-order valence-corrected chi connectivity index (χ1v) is 13.2. The number of nitrogens with zero attached hydrogens (tertiary/aromatic N) is 4. The lowest BCUT2D eigenvalue weighted by atomic mass is 9.96. The van der Waals surface area contributed by atoms with Gasteiger partial charge in [-0.2, -0.15) is 9.78 Å². The summed E-state index contributed by atoms with van der Waals surface area (Å²) >= 11 is 3.34. The average molecular weight is 593 g/mol. The molecule has 39 heavy (non-hydrogen) atoms. The van der Waals surface area contributed by atoms with Gasteiger partial charge in [-0.3, -0.25) is 14.9 Å². The second-order valence-corrected chi connectivity index (χ2v) is 10.6. The molecule has 4 rings (SSSR count). The summed E-state index contributed by atoms with van der Waals surface area (Å²) in [6, 6.07) is 14.0. The lowest BCUT2D eigenvalue weighted by Gasteiger charge is -2.17. The molecule has 0 saturated carbocycles. The predicted molar refractivity (Wildman–Crippen MR) is 156 cm³/mol. The number of aryl methyl sites for hydroxylation is 1. The van der Waals surface area contributed by atoms with Crippen molar-refractivity contribution in [2.75, 3.05) is 7.11 Å². The molecule has 0 amide bonds. The summed E-state index contributed by atoms with van der Waals surface area (Å²) < 4.78 is 13.1. The van der Waals surface area contributed by atoms with Gasteiger partial charge in [-0.15, -0.1) is 0 Å². The van der Waals surface area contributed by atoms with Gasteiger partial charge in [-0.1, -0.05) is 41.9 Å². The van der Waals surface area contributed by atoms with Crippen LogP contribution in [0.2, 0.25) is 0 Å². The van der Waals surface area contributed by atoms with Crippen LogP contribution in [0.3, 0.4) is 0 Å². The minimum absolute atomic E-state index is 0.0630. The Hall–Kier alpha value is -4.05. The number of methoxy groups -OCH3 is 1. The van der Waals surface area contributed by atoms with Gasteiger partial charge in [0.15, 0.2) is 5.82 Å². The molecule has 0 bridgehead atoms. The van der Waals surface area contributed by atoms with Crippen LogP contribution in [0.25, 0.3) is 22.3 Å². The summed E-state index contributed by atoms with van der Waals surface area (Å²) in [7, 11) is 1.63. The first-order chi connectivity index (χ1) is 18.5. The number of aromatic nitrogens is 2. The monoisotopic (exact) mass is 592 g/mol. The largest absolute Gasteiger partial charge is 0.496 e. The zero-order valence-corrected chi connectivity index (χ0v) is 24.1.